The first-order valence-electron chi connectivity index (χ1n) is 7.90. The molecule has 0 aliphatic carbocycles. The second kappa shape index (κ2) is 7.60. The number of carbonyl (C=O) groups excluding carboxylic acids is 1. The van der Waals surface area contributed by atoms with Crippen LogP contribution in [0.25, 0.3) is 0 Å². The Labute approximate surface area is 138 Å². The molecule has 0 aliphatic heterocycles. The smallest absolute Gasteiger partial charge is 0.227 e. The third-order valence-electron chi connectivity index (χ3n) is 4.13. The highest BCUT2D eigenvalue weighted by Gasteiger charge is 2.20. The summed E-state index contributed by atoms with van der Waals surface area (Å²) in [7, 11) is 0. The van der Waals surface area contributed by atoms with Gasteiger partial charge in [0, 0.05) is 6.54 Å². The molecule has 0 spiro atoms. The summed E-state index contributed by atoms with van der Waals surface area (Å²) >= 11 is 0. The van der Waals surface area contributed by atoms with E-state index in [1.54, 1.807) is 12.1 Å². The number of benzene rings is 2. The Morgan fingerprint density at radius 2 is 1.74 bits per heavy atom. The summed E-state index contributed by atoms with van der Waals surface area (Å²) in [5, 5.41) is 8.88. The summed E-state index contributed by atoms with van der Waals surface area (Å²) < 4.78 is 0. The average molecular weight is 306 g/mol. The van der Waals surface area contributed by atoms with Gasteiger partial charge in [-0.2, -0.15) is 5.26 Å². The van der Waals surface area contributed by atoms with Crippen LogP contribution in [0, 0.1) is 18.3 Å². The van der Waals surface area contributed by atoms with E-state index in [0.717, 1.165) is 11.1 Å². The number of carbonyl (C=O) groups is 1. The maximum absolute atomic E-state index is 12.6. The second-order valence-corrected chi connectivity index (χ2v) is 5.75. The molecule has 3 heteroatoms. The number of nitriles is 1. The topological polar surface area (TPSA) is 44.1 Å². The Morgan fingerprint density at radius 3 is 2.26 bits per heavy atom. The van der Waals surface area contributed by atoms with Crippen molar-refractivity contribution in [1.82, 2.24) is 4.90 Å². The minimum Gasteiger partial charge on any atom is -0.336 e. The molecule has 118 valence electrons. The Hall–Kier alpha value is -2.60. The van der Waals surface area contributed by atoms with Crippen molar-refractivity contribution in [3.05, 3.63) is 70.8 Å². The predicted molar refractivity (Wildman–Crippen MR) is 91.8 cm³/mol. The van der Waals surface area contributed by atoms with E-state index < -0.39 is 0 Å². The summed E-state index contributed by atoms with van der Waals surface area (Å²) in [5.74, 6) is 0.119. The Morgan fingerprint density at radius 1 is 1.13 bits per heavy atom. The van der Waals surface area contributed by atoms with E-state index in [1.807, 2.05) is 62.1 Å². The lowest BCUT2D eigenvalue weighted by Crippen LogP contribution is -2.34. The van der Waals surface area contributed by atoms with Crippen LogP contribution < -0.4 is 0 Å². The molecule has 2 aromatic rings. The van der Waals surface area contributed by atoms with Gasteiger partial charge in [-0.25, -0.2) is 0 Å². The van der Waals surface area contributed by atoms with Crippen molar-refractivity contribution < 1.29 is 4.79 Å². The van der Waals surface area contributed by atoms with Crippen molar-refractivity contribution in [1.29, 1.82) is 5.26 Å². The van der Waals surface area contributed by atoms with Gasteiger partial charge in [-0.15, -0.1) is 0 Å². The zero-order valence-electron chi connectivity index (χ0n) is 13.9. The minimum absolute atomic E-state index is 0.00862. The quantitative estimate of drug-likeness (QED) is 0.837. The van der Waals surface area contributed by atoms with Gasteiger partial charge in [-0.05, 0) is 44.0 Å². The van der Waals surface area contributed by atoms with Crippen molar-refractivity contribution in [3.8, 4) is 6.07 Å². The van der Waals surface area contributed by atoms with Gasteiger partial charge in [-0.3, -0.25) is 4.79 Å². The monoisotopic (exact) mass is 306 g/mol. The molecule has 0 bridgehead atoms. The van der Waals surface area contributed by atoms with Crippen LogP contribution in [0.1, 0.15) is 42.1 Å². The van der Waals surface area contributed by atoms with Gasteiger partial charge in [0.25, 0.3) is 0 Å². The van der Waals surface area contributed by atoms with Crippen molar-refractivity contribution in [2.75, 3.05) is 6.54 Å². The van der Waals surface area contributed by atoms with Crippen LogP contribution in [-0.2, 0) is 11.2 Å². The maximum atomic E-state index is 12.6. The molecule has 2 rings (SSSR count). The summed E-state index contributed by atoms with van der Waals surface area (Å²) in [6.45, 7) is 6.72. The second-order valence-electron chi connectivity index (χ2n) is 5.75. The highest BCUT2D eigenvalue weighted by Crippen LogP contribution is 2.21. The minimum atomic E-state index is -0.00862. The van der Waals surface area contributed by atoms with Gasteiger partial charge < -0.3 is 4.90 Å². The Balaban J connectivity index is 2.12. The highest BCUT2D eigenvalue weighted by atomic mass is 16.2. The number of amides is 1. The third-order valence-corrected chi connectivity index (χ3v) is 4.13. The van der Waals surface area contributed by atoms with Crippen LogP contribution in [0.5, 0.6) is 0 Å². The molecule has 1 amide bonds. The first-order valence-corrected chi connectivity index (χ1v) is 7.90. The molecule has 0 aromatic heterocycles. The van der Waals surface area contributed by atoms with Crippen LogP contribution in [0.3, 0.4) is 0 Å². The summed E-state index contributed by atoms with van der Waals surface area (Å²) in [6, 6.07) is 17.6. The number of likely N-dealkylation sites (N-methyl/N-ethyl adjacent to an activating group) is 1. The number of rotatable bonds is 5. The van der Waals surface area contributed by atoms with E-state index in [4.69, 9.17) is 5.26 Å². The van der Waals surface area contributed by atoms with E-state index >= 15 is 0 Å². The van der Waals surface area contributed by atoms with Crippen molar-refractivity contribution in [2.45, 2.75) is 33.2 Å². The summed E-state index contributed by atoms with van der Waals surface area (Å²) in [5.41, 5.74) is 3.91. The Bertz CT molecular complexity index is 696. The fraction of sp³-hybridized carbons (Fsp3) is 0.300. The lowest BCUT2D eigenvalue weighted by molar-refractivity contribution is -0.132. The van der Waals surface area contributed by atoms with Gasteiger partial charge in [0.05, 0.1) is 24.1 Å². The molecule has 0 radical (unpaired) electrons. The molecule has 0 fully saturated rings. The van der Waals surface area contributed by atoms with Gasteiger partial charge in [-0.1, -0.05) is 42.0 Å². The van der Waals surface area contributed by atoms with Crippen LogP contribution in [0.4, 0.5) is 0 Å². The van der Waals surface area contributed by atoms with Gasteiger partial charge >= 0.3 is 0 Å². The summed E-state index contributed by atoms with van der Waals surface area (Å²) in [4.78, 5) is 14.5. The highest BCUT2D eigenvalue weighted by molar-refractivity contribution is 5.79. The molecular weight excluding hydrogens is 284 g/mol. The van der Waals surface area contributed by atoms with Crippen LogP contribution in [0.2, 0.25) is 0 Å². The fourth-order valence-electron chi connectivity index (χ4n) is 2.66. The van der Waals surface area contributed by atoms with Gasteiger partial charge in [0.2, 0.25) is 5.91 Å². The standard InChI is InChI=1S/C20H22N2O/c1-4-22(16(3)19-11-9-18(14-21)10-12-19)20(23)13-17-7-5-15(2)6-8-17/h5-12,16H,4,13H2,1-3H3. The molecule has 1 unspecified atom stereocenters. The van der Waals surface area contributed by atoms with Crippen molar-refractivity contribution in [2.24, 2.45) is 0 Å². The maximum Gasteiger partial charge on any atom is 0.227 e. The third kappa shape index (κ3) is 4.20. The lowest BCUT2D eigenvalue weighted by Gasteiger charge is -2.28. The van der Waals surface area contributed by atoms with E-state index in [1.165, 1.54) is 5.56 Å². The summed E-state index contributed by atoms with van der Waals surface area (Å²) in [6.07, 6.45) is 0.411. The molecule has 0 heterocycles. The van der Waals surface area contributed by atoms with Crippen LogP contribution in [-0.4, -0.2) is 17.4 Å². The molecule has 2 aromatic carbocycles. The Kier molecular flexibility index (Phi) is 5.54. The largest absolute Gasteiger partial charge is 0.336 e. The van der Waals surface area contributed by atoms with E-state index in [9.17, 15) is 4.79 Å². The molecule has 23 heavy (non-hydrogen) atoms. The lowest BCUT2D eigenvalue weighted by atomic mass is 10.0. The first kappa shape index (κ1) is 16.8. The normalized spacial score (nSPS) is 11.6. The number of hydrogen-bond acceptors (Lipinski definition) is 2. The number of aryl methyl sites for hydroxylation is 1. The number of nitrogens with zero attached hydrogens (tertiary/aromatic N) is 2. The SMILES string of the molecule is CCN(C(=O)Cc1ccc(C)cc1)C(C)c1ccc(C#N)cc1. The van der Waals surface area contributed by atoms with E-state index in [-0.39, 0.29) is 11.9 Å². The molecule has 0 saturated carbocycles. The molecule has 1 atom stereocenters. The first-order chi connectivity index (χ1) is 11.0. The molecule has 3 nitrogen and oxygen atoms in total. The predicted octanol–water partition coefficient (Wildman–Crippen LogP) is 4.02. The molecule has 0 aliphatic rings. The van der Waals surface area contributed by atoms with Gasteiger partial charge in [0.15, 0.2) is 0 Å². The fourth-order valence-corrected chi connectivity index (χ4v) is 2.66. The number of hydrogen-bond donors (Lipinski definition) is 0. The zero-order chi connectivity index (χ0) is 16.8. The van der Waals surface area contributed by atoms with Crippen molar-refractivity contribution in [3.63, 3.8) is 0 Å². The van der Waals surface area contributed by atoms with E-state index in [0.29, 0.717) is 18.5 Å². The van der Waals surface area contributed by atoms with Crippen LogP contribution in [0.15, 0.2) is 48.5 Å². The molecule has 0 N–H and O–H groups in total. The molecule has 0 saturated heterocycles. The van der Waals surface area contributed by atoms with Crippen molar-refractivity contribution >= 4 is 5.91 Å². The van der Waals surface area contributed by atoms with E-state index in [2.05, 4.69) is 6.07 Å². The van der Waals surface area contributed by atoms with Gasteiger partial charge in [0.1, 0.15) is 0 Å². The zero-order valence-corrected chi connectivity index (χ0v) is 13.9. The molecular formula is C20H22N2O. The average Bonchev–Trinajstić information content (AvgIpc) is 2.57. The van der Waals surface area contributed by atoms with Crippen LogP contribution >= 0.6 is 0 Å².